The van der Waals surface area contributed by atoms with Crippen LogP contribution in [0.4, 0.5) is 22.7 Å². The van der Waals surface area contributed by atoms with Crippen LogP contribution in [0.25, 0.3) is 10.8 Å². The van der Waals surface area contributed by atoms with Crippen molar-refractivity contribution in [2.24, 2.45) is 29.1 Å². The quantitative estimate of drug-likeness (QED) is 0.146. The highest BCUT2D eigenvalue weighted by atomic mass is 16.3. The van der Waals surface area contributed by atoms with E-state index in [-0.39, 0.29) is 35.8 Å². The van der Waals surface area contributed by atoms with E-state index in [9.17, 15) is 24.3 Å². The number of aromatic hydroxyl groups is 1. The van der Waals surface area contributed by atoms with E-state index in [2.05, 4.69) is 5.32 Å². The van der Waals surface area contributed by atoms with Crippen LogP contribution in [0.3, 0.4) is 0 Å². The second-order valence-electron chi connectivity index (χ2n) is 14.3. The molecule has 2 N–H and O–H groups in total. The number of carbonyl (C=O) groups excluding carboxylic acids is 4. The number of anilines is 4. The van der Waals surface area contributed by atoms with Crippen LogP contribution in [0.1, 0.15) is 31.2 Å². The molecule has 0 bridgehead atoms. The van der Waals surface area contributed by atoms with Gasteiger partial charge >= 0.3 is 0 Å². The van der Waals surface area contributed by atoms with Crippen molar-refractivity contribution >= 4 is 57.2 Å². The molecule has 4 aliphatic rings. The smallest absolute Gasteiger partial charge is 0.241 e. The molecule has 5 aromatic carbocycles. The molecule has 0 spiro atoms. The zero-order valence-electron chi connectivity index (χ0n) is 27.9. The van der Waals surface area contributed by atoms with Gasteiger partial charge in [-0.25, -0.2) is 4.90 Å². The maximum atomic E-state index is 14.7. The summed E-state index contributed by atoms with van der Waals surface area (Å²) in [5.74, 6) is -4.42. The first-order valence-corrected chi connectivity index (χ1v) is 17.4. The van der Waals surface area contributed by atoms with Crippen molar-refractivity contribution in [3.05, 3.63) is 139 Å². The highest BCUT2D eigenvalue weighted by Crippen LogP contribution is 2.64. The molecular weight excluding hydrogens is 638 g/mol. The van der Waals surface area contributed by atoms with E-state index in [1.165, 1.54) is 9.80 Å². The highest BCUT2D eigenvalue weighted by Gasteiger charge is 2.68. The third-order valence-electron chi connectivity index (χ3n) is 11.7. The molecule has 4 amide bonds. The summed E-state index contributed by atoms with van der Waals surface area (Å²) in [6.07, 6.45) is 2.58. The van der Waals surface area contributed by atoms with Crippen LogP contribution in [-0.4, -0.2) is 28.7 Å². The number of rotatable bonds is 5. The second-order valence-corrected chi connectivity index (χ2v) is 14.3. The molecule has 252 valence electrons. The van der Waals surface area contributed by atoms with Gasteiger partial charge in [-0.3, -0.25) is 24.1 Å². The number of para-hydroxylation sites is 2. The van der Waals surface area contributed by atoms with Crippen molar-refractivity contribution in [3.63, 3.8) is 0 Å². The average molecular weight is 674 g/mol. The number of imide groups is 2. The molecule has 6 atom stereocenters. The van der Waals surface area contributed by atoms with Crippen molar-refractivity contribution in [3.8, 4) is 5.75 Å². The van der Waals surface area contributed by atoms with E-state index in [0.29, 0.717) is 28.7 Å². The van der Waals surface area contributed by atoms with Crippen LogP contribution >= 0.6 is 0 Å². The number of allylic oxidation sites excluding steroid dienone is 2. The van der Waals surface area contributed by atoms with Crippen LogP contribution in [0.15, 0.2) is 133 Å². The summed E-state index contributed by atoms with van der Waals surface area (Å²) in [6.45, 7) is 1.84. The first-order valence-electron chi connectivity index (χ1n) is 17.4. The van der Waals surface area contributed by atoms with Crippen LogP contribution in [0.5, 0.6) is 5.75 Å². The van der Waals surface area contributed by atoms with Gasteiger partial charge in [0, 0.05) is 28.2 Å². The number of nitrogens with one attached hydrogen (secondary N) is 1. The van der Waals surface area contributed by atoms with Crippen LogP contribution < -0.4 is 15.1 Å². The molecule has 0 aromatic heterocycles. The lowest BCUT2D eigenvalue weighted by molar-refractivity contribution is -0.131. The van der Waals surface area contributed by atoms with E-state index < -0.39 is 35.0 Å². The predicted octanol–water partition coefficient (Wildman–Crippen LogP) is 7.72. The van der Waals surface area contributed by atoms with Gasteiger partial charge < -0.3 is 10.4 Å². The number of nitrogens with zero attached hydrogens (tertiary/aromatic N) is 2. The molecule has 51 heavy (non-hydrogen) atoms. The third-order valence-corrected chi connectivity index (χ3v) is 11.7. The molecule has 3 fully saturated rings. The lowest BCUT2D eigenvalue weighted by Gasteiger charge is -2.49. The van der Waals surface area contributed by atoms with Crippen LogP contribution in [0.2, 0.25) is 0 Å². The molecule has 1 saturated carbocycles. The summed E-state index contributed by atoms with van der Waals surface area (Å²) in [5.41, 5.74) is 2.86. The van der Waals surface area contributed by atoms with Crippen molar-refractivity contribution in [2.45, 2.75) is 25.7 Å². The highest BCUT2D eigenvalue weighted by molar-refractivity contribution is 6.25. The van der Waals surface area contributed by atoms with Crippen molar-refractivity contribution < 1.29 is 24.3 Å². The van der Waals surface area contributed by atoms with Crippen LogP contribution in [0, 0.1) is 29.1 Å². The standard InChI is InChI=1S/C43H35N3O5/c1-43-35(40(49)46(42(43)51)28-13-6-3-7-14-28)24-34-31(37(43)33-21-16-25-10-8-9-15-30(25)38(33)47)22-23-32-36(34)41(50)45(39(32)48)29-19-17-27(18-20-29)44-26-11-4-2-5-12-26/h2-22,32,34-37,44,47H,23-24H2,1H3/t32-,34+,35-,36-,37+,43+/m0/s1. The summed E-state index contributed by atoms with van der Waals surface area (Å²) < 4.78 is 0. The van der Waals surface area contributed by atoms with Gasteiger partial charge in [0.2, 0.25) is 23.6 Å². The molecule has 5 aromatic rings. The molecule has 2 aliphatic heterocycles. The largest absolute Gasteiger partial charge is 0.507 e. The maximum Gasteiger partial charge on any atom is 0.241 e. The fourth-order valence-electron chi connectivity index (χ4n) is 9.32. The molecule has 8 heteroatoms. The van der Waals surface area contributed by atoms with E-state index in [1.807, 2.05) is 97.9 Å². The molecule has 9 rings (SSSR count). The Hall–Kier alpha value is -6.02. The number of benzene rings is 5. The summed E-state index contributed by atoms with van der Waals surface area (Å²) in [7, 11) is 0. The number of phenols is 1. The fraction of sp³-hybridized carbons (Fsp3) is 0.209. The van der Waals surface area contributed by atoms with Gasteiger partial charge in [0.25, 0.3) is 0 Å². The Morgan fingerprint density at radius 1 is 0.667 bits per heavy atom. The predicted molar refractivity (Wildman–Crippen MR) is 195 cm³/mol. The van der Waals surface area contributed by atoms with Crippen LogP contribution in [-0.2, 0) is 19.2 Å². The second kappa shape index (κ2) is 11.5. The Balaban J connectivity index is 1.13. The summed E-state index contributed by atoms with van der Waals surface area (Å²) in [4.78, 5) is 60.3. The summed E-state index contributed by atoms with van der Waals surface area (Å²) in [6, 6.07) is 37.2. The number of hydrogen-bond donors (Lipinski definition) is 2. The molecule has 8 nitrogen and oxygen atoms in total. The summed E-state index contributed by atoms with van der Waals surface area (Å²) in [5, 5.41) is 16.7. The molecule has 0 radical (unpaired) electrons. The number of hydrogen-bond acceptors (Lipinski definition) is 6. The van der Waals surface area contributed by atoms with Crippen molar-refractivity contribution in [1.82, 2.24) is 0 Å². The van der Waals surface area contributed by atoms with Gasteiger partial charge in [-0.05, 0) is 79.6 Å². The maximum absolute atomic E-state index is 14.7. The normalized spacial score (nSPS) is 26.9. The Kier molecular flexibility index (Phi) is 7.00. The SMILES string of the molecule is C[C@@]12C(=O)N(c3ccccc3)C(=O)[C@@H]1C[C@@H]1C(=CC[C@@H]3C(=O)N(c4ccc(Nc5ccccc5)cc4)C(=O)[C@@H]31)[C@@H]2c1ccc2ccccc2c1O. The number of amides is 4. The monoisotopic (exact) mass is 673 g/mol. The average Bonchev–Trinajstić information content (AvgIpc) is 3.52. The number of phenolic OH excluding ortho intramolecular Hbond substituents is 1. The lowest BCUT2D eigenvalue weighted by atomic mass is 9.51. The first-order chi connectivity index (χ1) is 24.8. The zero-order chi connectivity index (χ0) is 35.0. The molecule has 2 saturated heterocycles. The molecular formula is C43H35N3O5. The zero-order valence-corrected chi connectivity index (χ0v) is 27.9. The van der Waals surface area contributed by atoms with E-state index in [1.54, 1.807) is 36.4 Å². The fourth-order valence-corrected chi connectivity index (χ4v) is 9.32. The topological polar surface area (TPSA) is 107 Å². The molecule has 2 heterocycles. The number of carbonyl (C=O) groups is 4. The first kappa shape index (κ1) is 31.0. The van der Waals surface area contributed by atoms with E-state index >= 15 is 0 Å². The van der Waals surface area contributed by atoms with Gasteiger partial charge in [-0.2, -0.15) is 0 Å². The molecule has 0 unspecified atom stereocenters. The Morgan fingerprint density at radius 3 is 2.06 bits per heavy atom. The third kappa shape index (κ3) is 4.52. The van der Waals surface area contributed by atoms with Gasteiger partial charge in [-0.1, -0.05) is 84.4 Å². The van der Waals surface area contributed by atoms with Crippen molar-refractivity contribution in [1.29, 1.82) is 0 Å². The summed E-state index contributed by atoms with van der Waals surface area (Å²) >= 11 is 0. The van der Waals surface area contributed by atoms with E-state index in [4.69, 9.17) is 0 Å². The number of fused-ring (bicyclic) bond motifs is 5. The minimum atomic E-state index is -1.24. The van der Waals surface area contributed by atoms with Crippen molar-refractivity contribution in [2.75, 3.05) is 15.1 Å². The Morgan fingerprint density at radius 2 is 1.31 bits per heavy atom. The van der Waals surface area contributed by atoms with E-state index in [0.717, 1.165) is 22.3 Å². The van der Waals surface area contributed by atoms with Gasteiger partial charge in [0.05, 0.1) is 34.5 Å². The minimum absolute atomic E-state index is 0.0554. The minimum Gasteiger partial charge on any atom is -0.507 e. The van der Waals surface area contributed by atoms with Gasteiger partial charge in [0.1, 0.15) is 5.75 Å². The van der Waals surface area contributed by atoms with Gasteiger partial charge in [-0.15, -0.1) is 0 Å². The van der Waals surface area contributed by atoms with Gasteiger partial charge in [0.15, 0.2) is 0 Å². The Bertz CT molecular complexity index is 2290. The Labute approximate surface area is 295 Å². The molecule has 2 aliphatic carbocycles. The lowest BCUT2D eigenvalue weighted by Crippen LogP contribution is -2.48.